The van der Waals surface area contributed by atoms with Crippen molar-refractivity contribution in [1.29, 1.82) is 0 Å². The molecule has 0 bridgehead atoms. The minimum absolute atomic E-state index is 0. The molecule has 19 heavy (non-hydrogen) atoms. The highest BCUT2D eigenvalue weighted by Crippen LogP contribution is 2.13. The van der Waals surface area contributed by atoms with Crippen LogP contribution in [0.25, 0.3) is 0 Å². The summed E-state index contributed by atoms with van der Waals surface area (Å²) in [4.78, 5) is 0.345. The van der Waals surface area contributed by atoms with Crippen molar-refractivity contribution in [2.24, 2.45) is 5.92 Å². The summed E-state index contributed by atoms with van der Waals surface area (Å²) in [5, 5.41) is 3.28. The smallest absolute Gasteiger partial charge is 0.240 e. The Hall–Kier alpha value is -0.620. The normalized spacial score (nSPS) is 19.1. The van der Waals surface area contributed by atoms with E-state index in [1.165, 1.54) is 0 Å². The Morgan fingerprint density at radius 3 is 2.58 bits per heavy atom. The first kappa shape index (κ1) is 16.4. The standard InChI is InChI=1S/C13H20N2O2S.ClH/c1-11-2-4-13(5-3-11)18(16,17)15-9-7-12-6-8-14-10-12;/h2-5,12,14-15H,6-10H2,1H3;1H. The Bertz CT molecular complexity index is 482. The molecule has 1 aromatic carbocycles. The zero-order chi connectivity index (χ0) is 13.0. The van der Waals surface area contributed by atoms with E-state index >= 15 is 0 Å². The number of rotatable bonds is 5. The van der Waals surface area contributed by atoms with Crippen LogP contribution in [-0.2, 0) is 10.0 Å². The summed E-state index contributed by atoms with van der Waals surface area (Å²) in [5.41, 5.74) is 1.06. The fraction of sp³-hybridized carbons (Fsp3) is 0.538. The molecule has 2 N–H and O–H groups in total. The van der Waals surface area contributed by atoms with Gasteiger partial charge in [0.15, 0.2) is 0 Å². The summed E-state index contributed by atoms with van der Waals surface area (Å²) in [6, 6.07) is 6.93. The van der Waals surface area contributed by atoms with Gasteiger partial charge in [-0.25, -0.2) is 13.1 Å². The van der Waals surface area contributed by atoms with Gasteiger partial charge in [0.1, 0.15) is 0 Å². The van der Waals surface area contributed by atoms with Crippen molar-refractivity contribution in [2.45, 2.75) is 24.7 Å². The molecule has 0 aliphatic carbocycles. The van der Waals surface area contributed by atoms with Crippen LogP contribution in [0.5, 0.6) is 0 Å². The van der Waals surface area contributed by atoms with Crippen molar-refractivity contribution in [3.05, 3.63) is 29.8 Å². The molecule has 1 unspecified atom stereocenters. The maximum Gasteiger partial charge on any atom is 0.240 e. The van der Waals surface area contributed by atoms with Crippen LogP contribution in [-0.4, -0.2) is 28.1 Å². The van der Waals surface area contributed by atoms with E-state index < -0.39 is 10.0 Å². The first-order valence-corrected chi connectivity index (χ1v) is 7.83. The highest BCUT2D eigenvalue weighted by atomic mass is 35.5. The van der Waals surface area contributed by atoms with E-state index in [1.807, 2.05) is 19.1 Å². The number of hydrogen-bond donors (Lipinski definition) is 2. The highest BCUT2D eigenvalue weighted by molar-refractivity contribution is 7.89. The Kier molecular flexibility index (Phi) is 6.26. The maximum atomic E-state index is 12.0. The molecule has 1 aliphatic rings. The van der Waals surface area contributed by atoms with E-state index in [1.54, 1.807) is 12.1 Å². The fourth-order valence-corrected chi connectivity index (χ4v) is 3.21. The lowest BCUT2D eigenvalue weighted by Gasteiger charge is -2.10. The average molecular weight is 305 g/mol. The summed E-state index contributed by atoms with van der Waals surface area (Å²) >= 11 is 0. The molecule has 1 aliphatic heterocycles. The molecule has 2 rings (SSSR count). The maximum absolute atomic E-state index is 12.0. The van der Waals surface area contributed by atoms with Crippen LogP contribution in [0.1, 0.15) is 18.4 Å². The molecular formula is C13H21ClN2O2S. The van der Waals surface area contributed by atoms with Gasteiger partial charge < -0.3 is 5.32 Å². The Morgan fingerprint density at radius 2 is 2.00 bits per heavy atom. The molecule has 4 nitrogen and oxygen atoms in total. The Balaban J connectivity index is 0.00000180. The van der Waals surface area contributed by atoms with Crippen LogP contribution in [0.4, 0.5) is 0 Å². The predicted molar refractivity (Wildman–Crippen MR) is 79.2 cm³/mol. The minimum atomic E-state index is -3.34. The first-order chi connectivity index (χ1) is 8.58. The largest absolute Gasteiger partial charge is 0.316 e. The van der Waals surface area contributed by atoms with Gasteiger partial charge in [-0.3, -0.25) is 0 Å². The molecular weight excluding hydrogens is 284 g/mol. The highest BCUT2D eigenvalue weighted by Gasteiger charge is 2.17. The molecule has 1 fully saturated rings. The molecule has 1 atom stereocenters. The molecule has 0 aromatic heterocycles. The van der Waals surface area contributed by atoms with E-state index in [-0.39, 0.29) is 12.4 Å². The zero-order valence-electron chi connectivity index (χ0n) is 11.1. The molecule has 0 spiro atoms. The van der Waals surface area contributed by atoms with Crippen molar-refractivity contribution in [3.63, 3.8) is 0 Å². The molecule has 108 valence electrons. The summed E-state index contributed by atoms with van der Waals surface area (Å²) in [7, 11) is -3.34. The SMILES string of the molecule is Cc1ccc(S(=O)(=O)NCCC2CCNC2)cc1.Cl. The summed E-state index contributed by atoms with van der Waals surface area (Å²) in [5.74, 6) is 0.603. The number of nitrogens with one attached hydrogen (secondary N) is 2. The van der Waals surface area contributed by atoms with Crippen LogP contribution in [0.2, 0.25) is 0 Å². The molecule has 0 amide bonds. The van der Waals surface area contributed by atoms with Crippen molar-refractivity contribution < 1.29 is 8.42 Å². The molecule has 1 saturated heterocycles. The summed E-state index contributed by atoms with van der Waals surface area (Å²) < 4.78 is 26.6. The van der Waals surface area contributed by atoms with Gasteiger partial charge in [0, 0.05) is 6.54 Å². The van der Waals surface area contributed by atoms with Crippen LogP contribution >= 0.6 is 12.4 Å². The third kappa shape index (κ3) is 4.76. The van der Waals surface area contributed by atoms with Crippen molar-refractivity contribution in [3.8, 4) is 0 Å². The van der Waals surface area contributed by atoms with Crippen LogP contribution < -0.4 is 10.0 Å². The van der Waals surface area contributed by atoms with Gasteiger partial charge in [-0.2, -0.15) is 0 Å². The zero-order valence-corrected chi connectivity index (χ0v) is 12.7. The number of benzene rings is 1. The summed E-state index contributed by atoms with van der Waals surface area (Å²) in [6.45, 7) is 4.51. The molecule has 1 heterocycles. The number of sulfonamides is 1. The van der Waals surface area contributed by atoms with Gasteiger partial charge in [-0.05, 0) is 50.9 Å². The average Bonchev–Trinajstić information content (AvgIpc) is 2.82. The van der Waals surface area contributed by atoms with E-state index in [9.17, 15) is 8.42 Å². The monoisotopic (exact) mass is 304 g/mol. The van der Waals surface area contributed by atoms with Crippen LogP contribution in [0.3, 0.4) is 0 Å². The van der Waals surface area contributed by atoms with Crippen molar-refractivity contribution >= 4 is 22.4 Å². The van der Waals surface area contributed by atoms with Gasteiger partial charge in [-0.15, -0.1) is 12.4 Å². The third-order valence-corrected chi connectivity index (χ3v) is 4.82. The Morgan fingerprint density at radius 1 is 1.32 bits per heavy atom. The third-order valence-electron chi connectivity index (χ3n) is 3.34. The van der Waals surface area contributed by atoms with E-state index in [0.717, 1.165) is 31.5 Å². The van der Waals surface area contributed by atoms with Gasteiger partial charge >= 0.3 is 0 Å². The minimum Gasteiger partial charge on any atom is -0.316 e. The quantitative estimate of drug-likeness (QED) is 0.870. The van der Waals surface area contributed by atoms with E-state index in [2.05, 4.69) is 10.0 Å². The van der Waals surface area contributed by atoms with Gasteiger partial charge in [0.25, 0.3) is 0 Å². The fourth-order valence-electron chi connectivity index (χ4n) is 2.16. The first-order valence-electron chi connectivity index (χ1n) is 6.35. The number of aryl methyl sites for hydroxylation is 1. The number of halogens is 1. The van der Waals surface area contributed by atoms with Gasteiger partial charge in [0.2, 0.25) is 10.0 Å². The van der Waals surface area contributed by atoms with Gasteiger partial charge in [-0.1, -0.05) is 17.7 Å². The van der Waals surface area contributed by atoms with E-state index in [4.69, 9.17) is 0 Å². The second-order valence-electron chi connectivity index (χ2n) is 4.86. The molecule has 1 aromatic rings. The van der Waals surface area contributed by atoms with Crippen LogP contribution in [0, 0.1) is 12.8 Å². The van der Waals surface area contributed by atoms with Crippen LogP contribution in [0.15, 0.2) is 29.2 Å². The van der Waals surface area contributed by atoms with Gasteiger partial charge in [0.05, 0.1) is 4.90 Å². The molecule has 0 radical (unpaired) electrons. The predicted octanol–water partition coefficient (Wildman–Crippen LogP) is 1.69. The lowest BCUT2D eigenvalue weighted by Crippen LogP contribution is -2.26. The van der Waals surface area contributed by atoms with E-state index in [0.29, 0.717) is 17.4 Å². The Labute approximate surface area is 121 Å². The second-order valence-corrected chi connectivity index (χ2v) is 6.63. The van der Waals surface area contributed by atoms with Crippen molar-refractivity contribution in [1.82, 2.24) is 10.0 Å². The van der Waals surface area contributed by atoms with Crippen molar-refractivity contribution in [2.75, 3.05) is 19.6 Å². The molecule has 6 heteroatoms. The summed E-state index contributed by atoms with van der Waals surface area (Å²) in [6.07, 6.45) is 2.05. The molecule has 0 saturated carbocycles. The number of hydrogen-bond acceptors (Lipinski definition) is 3. The topological polar surface area (TPSA) is 58.2 Å². The second kappa shape index (κ2) is 7.24. The lowest BCUT2D eigenvalue weighted by molar-refractivity contribution is 0.519. The lowest BCUT2D eigenvalue weighted by atomic mass is 10.1.